The third kappa shape index (κ3) is 2.98. The van der Waals surface area contributed by atoms with Crippen LogP contribution in [0.4, 0.5) is 0 Å². The molecule has 2 rings (SSSR count). The molecular formula is C14H14Br2OS. The largest absolute Gasteiger partial charge is 0.494 e. The molecule has 96 valence electrons. The molecule has 2 aromatic rings. The van der Waals surface area contributed by atoms with Gasteiger partial charge in [-0.3, -0.25) is 0 Å². The molecule has 0 spiro atoms. The van der Waals surface area contributed by atoms with Gasteiger partial charge in [-0.2, -0.15) is 0 Å². The van der Waals surface area contributed by atoms with Crippen molar-refractivity contribution >= 4 is 43.2 Å². The number of hydrogen-bond acceptors (Lipinski definition) is 2. The van der Waals surface area contributed by atoms with E-state index >= 15 is 0 Å². The maximum absolute atomic E-state index is 5.69. The highest BCUT2D eigenvalue weighted by molar-refractivity contribution is 9.11. The van der Waals surface area contributed by atoms with Gasteiger partial charge in [-0.05, 0) is 47.5 Å². The number of ether oxygens (including phenoxy) is 1. The average Bonchev–Trinajstić information content (AvgIpc) is 2.69. The molecule has 0 fully saturated rings. The predicted molar refractivity (Wildman–Crippen MR) is 85.1 cm³/mol. The molecular weight excluding hydrogens is 376 g/mol. The van der Waals surface area contributed by atoms with Crippen LogP contribution in [0.3, 0.4) is 0 Å². The minimum atomic E-state index is 0.169. The van der Waals surface area contributed by atoms with Crippen LogP contribution in [0.5, 0.6) is 5.75 Å². The molecule has 0 aliphatic heterocycles. The third-order valence-electron chi connectivity index (χ3n) is 2.69. The molecule has 0 aliphatic carbocycles. The highest BCUT2D eigenvalue weighted by Gasteiger charge is 2.18. The van der Waals surface area contributed by atoms with Crippen molar-refractivity contribution in [2.75, 3.05) is 6.61 Å². The summed E-state index contributed by atoms with van der Waals surface area (Å²) in [4.78, 5) is 1.48. The van der Waals surface area contributed by atoms with Gasteiger partial charge in [0.1, 0.15) is 5.75 Å². The minimum absolute atomic E-state index is 0.169. The van der Waals surface area contributed by atoms with Gasteiger partial charge in [0.05, 0.1) is 15.2 Å². The first-order valence-electron chi connectivity index (χ1n) is 5.75. The van der Waals surface area contributed by atoms with Gasteiger partial charge in [-0.25, -0.2) is 0 Å². The summed E-state index contributed by atoms with van der Waals surface area (Å²) in [6, 6.07) is 10.3. The standard InChI is InChI=1S/C14H14Br2OS/c1-3-17-12-7-5-4-6-10(12)14(16)11-8-13(15)18-9(11)2/h4-8,14H,3H2,1-2H3. The Morgan fingerprint density at radius 2 is 2.00 bits per heavy atom. The van der Waals surface area contributed by atoms with Crippen molar-refractivity contribution in [3.05, 3.63) is 50.1 Å². The van der Waals surface area contributed by atoms with E-state index in [1.54, 1.807) is 11.3 Å². The van der Waals surface area contributed by atoms with Crippen LogP contribution in [0, 0.1) is 6.92 Å². The Kier molecular flexibility index (Phi) is 4.87. The smallest absolute Gasteiger partial charge is 0.123 e. The second-order valence-electron chi connectivity index (χ2n) is 3.90. The zero-order valence-corrected chi connectivity index (χ0v) is 14.2. The molecule has 0 N–H and O–H groups in total. The maximum atomic E-state index is 5.69. The average molecular weight is 390 g/mol. The SMILES string of the molecule is CCOc1ccccc1C(Br)c1cc(Br)sc1C. The molecule has 0 bridgehead atoms. The van der Waals surface area contributed by atoms with Crippen molar-refractivity contribution in [3.8, 4) is 5.75 Å². The fourth-order valence-corrected chi connectivity index (χ4v) is 4.61. The summed E-state index contributed by atoms with van der Waals surface area (Å²) in [5.74, 6) is 0.948. The highest BCUT2D eigenvalue weighted by Crippen LogP contribution is 2.41. The van der Waals surface area contributed by atoms with Gasteiger partial charge in [0, 0.05) is 10.4 Å². The molecule has 0 radical (unpaired) electrons. The summed E-state index contributed by atoms with van der Waals surface area (Å²) in [5, 5.41) is 0. The van der Waals surface area contributed by atoms with E-state index in [9.17, 15) is 0 Å². The van der Waals surface area contributed by atoms with Crippen molar-refractivity contribution in [3.63, 3.8) is 0 Å². The van der Waals surface area contributed by atoms with Gasteiger partial charge in [-0.15, -0.1) is 11.3 Å². The lowest BCUT2D eigenvalue weighted by Crippen LogP contribution is -1.99. The van der Waals surface area contributed by atoms with Crippen molar-refractivity contribution in [1.29, 1.82) is 0 Å². The molecule has 1 aromatic carbocycles. The topological polar surface area (TPSA) is 9.23 Å². The molecule has 1 heterocycles. The van der Waals surface area contributed by atoms with E-state index < -0.39 is 0 Å². The minimum Gasteiger partial charge on any atom is -0.494 e. The van der Waals surface area contributed by atoms with Gasteiger partial charge in [0.15, 0.2) is 0 Å². The fraction of sp³-hybridized carbons (Fsp3) is 0.286. The van der Waals surface area contributed by atoms with Crippen LogP contribution in [-0.4, -0.2) is 6.61 Å². The van der Waals surface area contributed by atoms with E-state index in [1.807, 2.05) is 25.1 Å². The molecule has 1 nitrogen and oxygen atoms in total. The number of hydrogen-bond donors (Lipinski definition) is 0. The predicted octanol–water partition coefficient (Wildman–Crippen LogP) is 5.70. The van der Waals surface area contributed by atoms with Crippen LogP contribution in [0.25, 0.3) is 0 Å². The molecule has 0 saturated carbocycles. The first kappa shape index (κ1) is 14.1. The summed E-state index contributed by atoms with van der Waals surface area (Å²) in [7, 11) is 0. The van der Waals surface area contributed by atoms with Crippen molar-refractivity contribution < 1.29 is 4.74 Å². The quantitative estimate of drug-likeness (QED) is 0.609. The Morgan fingerprint density at radius 1 is 1.28 bits per heavy atom. The molecule has 1 atom stereocenters. The molecule has 1 unspecified atom stereocenters. The maximum Gasteiger partial charge on any atom is 0.123 e. The van der Waals surface area contributed by atoms with Gasteiger partial charge in [0.25, 0.3) is 0 Å². The van der Waals surface area contributed by atoms with Gasteiger partial charge in [-0.1, -0.05) is 34.1 Å². The van der Waals surface area contributed by atoms with E-state index in [0.29, 0.717) is 6.61 Å². The van der Waals surface area contributed by atoms with Crippen LogP contribution in [0.15, 0.2) is 34.1 Å². The van der Waals surface area contributed by atoms with Gasteiger partial charge < -0.3 is 4.74 Å². The Morgan fingerprint density at radius 3 is 2.61 bits per heavy atom. The second kappa shape index (κ2) is 6.22. The lowest BCUT2D eigenvalue weighted by Gasteiger charge is -2.15. The summed E-state index contributed by atoms with van der Waals surface area (Å²) < 4.78 is 6.85. The molecule has 4 heteroatoms. The van der Waals surface area contributed by atoms with Crippen molar-refractivity contribution in [1.82, 2.24) is 0 Å². The van der Waals surface area contributed by atoms with Crippen molar-refractivity contribution in [2.45, 2.75) is 18.7 Å². The van der Waals surface area contributed by atoms with Crippen LogP contribution >= 0.6 is 43.2 Å². The fourth-order valence-electron chi connectivity index (χ4n) is 1.85. The van der Waals surface area contributed by atoms with Crippen LogP contribution in [0.2, 0.25) is 0 Å². The number of halogens is 2. The van der Waals surface area contributed by atoms with Gasteiger partial charge in [0.2, 0.25) is 0 Å². The summed E-state index contributed by atoms with van der Waals surface area (Å²) in [6.45, 7) is 4.83. The lowest BCUT2D eigenvalue weighted by atomic mass is 10.0. The lowest BCUT2D eigenvalue weighted by molar-refractivity contribution is 0.337. The number of rotatable bonds is 4. The third-order valence-corrected chi connectivity index (χ3v) is 5.25. The number of thiophene rings is 1. The first-order chi connectivity index (χ1) is 8.63. The number of para-hydroxylation sites is 1. The number of benzene rings is 1. The second-order valence-corrected chi connectivity index (χ2v) is 7.45. The molecule has 0 saturated heterocycles. The molecule has 0 amide bonds. The molecule has 18 heavy (non-hydrogen) atoms. The van der Waals surface area contributed by atoms with E-state index in [0.717, 1.165) is 9.54 Å². The Labute approximate surface area is 128 Å². The normalized spacial score (nSPS) is 12.4. The van der Waals surface area contributed by atoms with E-state index in [-0.39, 0.29) is 4.83 Å². The molecule has 1 aromatic heterocycles. The summed E-state index contributed by atoms with van der Waals surface area (Å²) >= 11 is 9.08. The Bertz CT molecular complexity index is 536. The number of alkyl halides is 1. The first-order valence-corrected chi connectivity index (χ1v) is 8.27. The van der Waals surface area contributed by atoms with E-state index in [2.05, 4.69) is 50.9 Å². The van der Waals surface area contributed by atoms with E-state index in [1.165, 1.54) is 16.0 Å². The zero-order chi connectivity index (χ0) is 13.1. The number of aryl methyl sites for hydroxylation is 1. The van der Waals surface area contributed by atoms with Crippen LogP contribution in [-0.2, 0) is 0 Å². The Hall–Kier alpha value is -0.320. The zero-order valence-electron chi connectivity index (χ0n) is 10.2. The van der Waals surface area contributed by atoms with Crippen LogP contribution in [0.1, 0.15) is 27.8 Å². The van der Waals surface area contributed by atoms with Crippen LogP contribution < -0.4 is 4.74 Å². The summed E-state index contributed by atoms with van der Waals surface area (Å²) in [6.07, 6.45) is 0. The van der Waals surface area contributed by atoms with Crippen molar-refractivity contribution in [2.24, 2.45) is 0 Å². The highest BCUT2D eigenvalue weighted by atomic mass is 79.9. The Balaban J connectivity index is 2.39. The molecule has 0 aliphatic rings. The monoisotopic (exact) mass is 388 g/mol. The summed E-state index contributed by atoms with van der Waals surface area (Å²) in [5.41, 5.74) is 2.46. The van der Waals surface area contributed by atoms with E-state index in [4.69, 9.17) is 4.74 Å². The van der Waals surface area contributed by atoms with Gasteiger partial charge >= 0.3 is 0 Å².